The summed E-state index contributed by atoms with van der Waals surface area (Å²) in [5.41, 5.74) is 3.24. The van der Waals surface area contributed by atoms with Crippen LogP contribution < -0.4 is 21.0 Å². The van der Waals surface area contributed by atoms with Gasteiger partial charge < -0.3 is 14.5 Å². The number of benzene rings is 3. The molecule has 34 heavy (non-hydrogen) atoms. The molecule has 1 aromatic heterocycles. The monoisotopic (exact) mass is 472 g/mol. The average Bonchev–Trinajstić information content (AvgIpc) is 2.80. The van der Waals surface area contributed by atoms with E-state index in [1.807, 2.05) is 63.2 Å². The van der Waals surface area contributed by atoms with Gasteiger partial charge in [-0.15, -0.1) is 0 Å². The van der Waals surface area contributed by atoms with Crippen molar-refractivity contribution in [2.24, 2.45) is 0 Å². The van der Waals surface area contributed by atoms with Gasteiger partial charge in [0.15, 0.2) is 5.11 Å². The van der Waals surface area contributed by atoms with Crippen LogP contribution in [0.15, 0.2) is 82.0 Å². The second-order valence-electron chi connectivity index (χ2n) is 8.12. The van der Waals surface area contributed by atoms with E-state index in [0.29, 0.717) is 33.7 Å². The van der Waals surface area contributed by atoms with Gasteiger partial charge in [0.25, 0.3) is 5.91 Å². The van der Waals surface area contributed by atoms with Gasteiger partial charge in [0.2, 0.25) is 0 Å². The zero-order valence-corrected chi connectivity index (χ0v) is 19.9. The molecule has 0 aliphatic rings. The standard InChI is InChI=1S/C27H24N2O4S/c1-16(2)32-21-9-6-8-20(13-21)25(30)29-27(34)28-23-15-18(12-11-17(23)3)22-14-19-7-4-5-10-24(19)33-26(22)31/h4-16H,1-3H3,(H2,28,29,30,34). The molecule has 3 aromatic carbocycles. The molecule has 6 nitrogen and oxygen atoms in total. The highest BCUT2D eigenvalue weighted by Crippen LogP contribution is 2.26. The van der Waals surface area contributed by atoms with Crippen LogP contribution in [0.5, 0.6) is 5.75 Å². The Hall–Kier alpha value is -3.97. The van der Waals surface area contributed by atoms with Gasteiger partial charge in [-0.25, -0.2) is 4.79 Å². The van der Waals surface area contributed by atoms with Crippen LogP contribution in [0.1, 0.15) is 29.8 Å². The van der Waals surface area contributed by atoms with E-state index in [9.17, 15) is 9.59 Å². The molecule has 2 N–H and O–H groups in total. The van der Waals surface area contributed by atoms with Gasteiger partial charge in [0, 0.05) is 16.6 Å². The minimum absolute atomic E-state index is 0.00125. The van der Waals surface area contributed by atoms with Crippen LogP contribution in [0.25, 0.3) is 22.1 Å². The first-order valence-corrected chi connectivity index (χ1v) is 11.2. The third kappa shape index (κ3) is 5.32. The summed E-state index contributed by atoms with van der Waals surface area (Å²) in [4.78, 5) is 25.2. The molecule has 1 amide bonds. The lowest BCUT2D eigenvalue weighted by atomic mass is 10.0. The first kappa shape index (κ1) is 23.2. The zero-order valence-electron chi connectivity index (χ0n) is 19.0. The Morgan fingerprint density at radius 1 is 1.00 bits per heavy atom. The lowest BCUT2D eigenvalue weighted by Crippen LogP contribution is -2.34. The Kier molecular flexibility index (Phi) is 6.75. The van der Waals surface area contributed by atoms with Crippen molar-refractivity contribution in [2.45, 2.75) is 26.9 Å². The summed E-state index contributed by atoms with van der Waals surface area (Å²) in [6.45, 7) is 5.75. The van der Waals surface area contributed by atoms with E-state index in [4.69, 9.17) is 21.4 Å². The number of ether oxygens (including phenoxy) is 1. The van der Waals surface area contributed by atoms with E-state index in [-0.39, 0.29) is 17.1 Å². The number of hydrogen-bond acceptors (Lipinski definition) is 5. The number of para-hydroxylation sites is 1. The number of carbonyl (C=O) groups is 1. The van der Waals surface area contributed by atoms with Crippen molar-refractivity contribution in [1.29, 1.82) is 0 Å². The molecule has 0 atom stereocenters. The van der Waals surface area contributed by atoms with Crippen molar-refractivity contribution < 1.29 is 13.9 Å². The SMILES string of the molecule is Cc1ccc(-c2cc3ccccc3oc2=O)cc1NC(=S)NC(=O)c1cccc(OC(C)C)c1. The number of anilines is 1. The fraction of sp³-hybridized carbons (Fsp3) is 0.148. The molecular weight excluding hydrogens is 448 g/mol. The highest BCUT2D eigenvalue weighted by atomic mass is 32.1. The lowest BCUT2D eigenvalue weighted by Gasteiger charge is -2.14. The summed E-state index contributed by atoms with van der Waals surface area (Å²) in [5, 5.41) is 6.73. The Balaban J connectivity index is 1.53. The Bertz CT molecular complexity index is 1440. The molecular formula is C27H24N2O4S. The lowest BCUT2D eigenvalue weighted by molar-refractivity contribution is 0.0977. The van der Waals surface area contributed by atoms with Crippen LogP contribution in [0, 0.1) is 6.92 Å². The quantitative estimate of drug-likeness (QED) is 0.287. The maximum Gasteiger partial charge on any atom is 0.344 e. The van der Waals surface area contributed by atoms with Gasteiger partial charge in [0.1, 0.15) is 11.3 Å². The molecule has 4 rings (SSSR count). The largest absolute Gasteiger partial charge is 0.491 e. The van der Waals surface area contributed by atoms with Gasteiger partial charge in [-0.2, -0.15) is 0 Å². The highest BCUT2D eigenvalue weighted by molar-refractivity contribution is 7.80. The number of fused-ring (bicyclic) bond motifs is 1. The number of amides is 1. The van der Waals surface area contributed by atoms with Crippen molar-refractivity contribution in [3.05, 3.63) is 94.3 Å². The number of nitrogens with one attached hydrogen (secondary N) is 2. The van der Waals surface area contributed by atoms with Gasteiger partial charge in [-0.05, 0) is 80.5 Å². The second-order valence-corrected chi connectivity index (χ2v) is 8.53. The van der Waals surface area contributed by atoms with Crippen LogP contribution in [-0.4, -0.2) is 17.1 Å². The summed E-state index contributed by atoms with van der Waals surface area (Å²) < 4.78 is 11.1. The summed E-state index contributed by atoms with van der Waals surface area (Å²) in [5.74, 6) is 0.259. The van der Waals surface area contributed by atoms with Crippen molar-refractivity contribution in [3.8, 4) is 16.9 Å². The van der Waals surface area contributed by atoms with E-state index >= 15 is 0 Å². The molecule has 0 saturated heterocycles. The number of thiocarbonyl (C=S) groups is 1. The van der Waals surface area contributed by atoms with Crippen LogP contribution >= 0.6 is 12.2 Å². The number of hydrogen-bond donors (Lipinski definition) is 2. The minimum Gasteiger partial charge on any atom is -0.491 e. The zero-order chi connectivity index (χ0) is 24.2. The molecule has 0 saturated carbocycles. The van der Waals surface area contributed by atoms with Gasteiger partial charge >= 0.3 is 5.63 Å². The van der Waals surface area contributed by atoms with E-state index < -0.39 is 5.63 Å². The van der Waals surface area contributed by atoms with Crippen molar-refractivity contribution in [3.63, 3.8) is 0 Å². The molecule has 0 aliphatic heterocycles. The average molecular weight is 473 g/mol. The summed E-state index contributed by atoms with van der Waals surface area (Å²) in [6.07, 6.45) is 0.00125. The van der Waals surface area contributed by atoms with Crippen LogP contribution in [0.4, 0.5) is 5.69 Å². The number of carbonyl (C=O) groups excluding carboxylic acids is 1. The minimum atomic E-state index is -0.423. The first-order chi connectivity index (χ1) is 16.3. The Labute approximate surface area is 202 Å². The van der Waals surface area contributed by atoms with Crippen molar-refractivity contribution in [1.82, 2.24) is 5.32 Å². The highest BCUT2D eigenvalue weighted by Gasteiger charge is 2.13. The Morgan fingerprint density at radius 3 is 2.59 bits per heavy atom. The molecule has 172 valence electrons. The maximum atomic E-state index is 12.7. The smallest absolute Gasteiger partial charge is 0.344 e. The molecule has 0 unspecified atom stereocenters. The van der Waals surface area contributed by atoms with E-state index in [1.165, 1.54) is 0 Å². The number of aryl methyl sites for hydroxylation is 1. The topological polar surface area (TPSA) is 80.6 Å². The van der Waals surface area contributed by atoms with Gasteiger partial charge in [-0.1, -0.05) is 36.4 Å². The molecule has 0 bridgehead atoms. The molecule has 7 heteroatoms. The Morgan fingerprint density at radius 2 is 1.79 bits per heavy atom. The molecule has 4 aromatic rings. The molecule has 0 aliphatic carbocycles. The van der Waals surface area contributed by atoms with E-state index in [2.05, 4.69) is 10.6 Å². The fourth-order valence-electron chi connectivity index (χ4n) is 3.50. The van der Waals surface area contributed by atoms with Gasteiger partial charge in [-0.3, -0.25) is 10.1 Å². The second kappa shape index (κ2) is 9.89. The first-order valence-electron chi connectivity index (χ1n) is 10.8. The molecule has 0 radical (unpaired) electrons. The van der Waals surface area contributed by atoms with Crippen molar-refractivity contribution in [2.75, 3.05) is 5.32 Å². The summed E-state index contributed by atoms with van der Waals surface area (Å²) >= 11 is 5.37. The fourth-order valence-corrected chi connectivity index (χ4v) is 3.70. The van der Waals surface area contributed by atoms with Gasteiger partial charge in [0.05, 0.1) is 11.7 Å². The summed E-state index contributed by atoms with van der Waals surface area (Å²) in [7, 11) is 0. The molecule has 0 fully saturated rings. The maximum absolute atomic E-state index is 12.7. The molecule has 0 spiro atoms. The van der Waals surface area contributed by atoms with E-state index in [1.54, 1.807) is 30.3 Å². The molecule has 1 heterocycles. The van der Waals surface area contributed by atoms with Crippen LogP contribution in [0.2, 0.25) is 0 Å². The third-order valence-corrected chi connectivity index (χ3v) is 5.34. The predicted molar refractivity (Wildman–Crippen MR) is 139 cm³/mol. The van der Waals surface area contributed by atoms with Crippen LogP contribution in [-0.2, 0) is 0 Å². The summed E-state index contributed by atoms with van der Waals surface area (Å²) in [6, 6.07) is 21.6. The van der Waals surface area contributed by atoms with E-state index in [0.717, 1.165) is 10.9 Å². The number of rotatable bonds is 5. The van der Waals surface area contributed by atoms with Crippen LogP contribution in [0.3, 0.4) is 0 Å². The predicted octanol–water partition coefficient (Wildman–Crippen LogP) is 5.68. The third-order valence-electron chi connectivity index (χ3n) is 5.13. The van der Waals surface area contributed by atoms with Crippen molar-refractivity contribution >= 4 is 39.9 Å². The normalized spacial score (nSPS) is 10.8.